The molecule has 0 N–H and O–H groups in total. The van der Waals surface area contributed by atoms with E-state index in [-0.39, 0.29) is 0 Å². The number of hydrogen-bond acceptors (Lipinski definition) is 3. The van der Waals surface area contributed by atoms with Gasteiger partial charge in [-0.3, -0.25) is 0 Å². The summed E-state index contributed by atoms with van der Waals surface area (Å²) in [6.45, 7) is 0. The van der Waals surface area contributed by atoms with Crippen molar-refractivity contribution in [3.63, 3.8) is 0 Å². The molecule has 0 aromatic carbocycles. The van der Waals surface area contributed by atoms with E-state index in [1.54, 1.807) is 21.3 Å². The van der Waals surface area contributed by atoms with E-state index in [0.717, 1.165) is 12.8 Å². The molecule has 0 aromatic heterocycles. The fourth-order valence-electron chi connectivity index (χ4n) is 2.11. The van der Waals surface area contributed by atoms with E-state index in [0.29, 0.717) is 0 Å². The Labute approximate surface area is 93.8 Å². The van der Waals surface area contributed by atoms with Crippen molar-refractivity contribution < 1.29 is 13.3 Å². The quantitative estimate of drug-likeness (QED) is 0.695. The first-order chi connectivity index (χ1) is 7.29. The molecule has 3 nitrogen and oxygen atoms in total. The largest absolute Gasteiger partial charge is 0.531 e. The molecule has 88 valence electrons. The molecule has 0 heterocycles. The fourth-order valence-corrected chi connectivity index (χ4v) is 4.28. The van der Waals surface area contributed by atoms with Crippen molar-refractivity contribution in [3.05, 3.63) is 11.3 Å². The third-order valence-corrected chi connectivity index (χ3v) is 5.84. The predicted molar refractivity (Wildman–Crippen MR) is 62.6 cm³/mol. The van der Waals surface area contributed by atoms with Crippen molar-refractivity contribution in [3.8, 4) is 0 Å². The second kappa shape index (κ2) is 6.43. The van der Waals surface area contributed by atoms with Gasteiger partial charge >= 0.3 is 8.80 Å². The molecule has 0 atom stereocenters. The van der Waals surface area contributed by atoms with Crippen molar-refractivity contribution in [1.29, 1.82) is 0 Å². The molecule has 0 amide bonds. The summed E-state index contributed by atoms with van der Waals surface area (Å²) < 4.78 is 16.5. The predicted octanol–water partition coefficient (Wildman–Crippen LogP) is 2.68. The molecule has 0 radical (unpaired) electrons. The highest BCUT2D eigenvalue weighted by atomic mass is 28.4. The molecule has 1 aliphatic rings. The second-order valence-electron chi connectivity index (χ2n) is 3.85. The van der Waals surface area contributed by atoms with Crippen LogP contribution in [0.1, 0.15) is 38.5 Å². The smallest absolute Gasteiger partial charge is 0.374 e. The van der Waals surface area contributed by atoms with Crippen molar-refractivity contribution in [2.45, 2.75) is 38.5 Å². The number of allylic oxidation sites excluding steroid dienone is 2. The number of rotatable bonds is 4. The van der Waals surface area contributed by atoms with Crippen molar-refractivity contribution in [1.82, 2.24) is 0 Å². The summed E-state index contributed by atoms with van der Waals surface area (Å²) in [5.74, 6) is 0. The van der Waals surface area contributed by atoms with Crippen LogP contribution in [0.4, 0.5) is 0 Å². The van der Waals surface area contributed by atoms with Crippen LogP contribution in [0.2, 0.25) is 0 Å². The lowest BCUT2D eigenvalue weighted by Crippen LogP contribution is -2.45. The molecule has 0 saturated heterocycles. The first-order valence-corrected chi connectivity index (χ1v) is 7.36. The van der Waals surface area contributed by atoms with Gasteiger partial charge in [-0.15, -0.1) is 0 Å². The molecular weight excluding hydrogens is 208 g/mol. The Balaban J connectivity index is 2.79. The third-order valence-electron chi connectivity index (χ3n) is 2.99. The first-order valence-electron chi connectivity index (χ1n) is 5.64. The lowest BCUT2D eigenvalue weighted by Gasteiger charge is -2.27. The van der Waals surface area contributed by atoms with Gasteiger partial charge in [0.25, 0.3) is 0 Å². The Morgan fingerprint density at radius 3 is 2.13 bits per heavy atom. The van der Waals surface area contributed by atoms with E-state index in [1.165, 1.54) is 30.9 Å². The summed E-state index contributed by atoms with van der Waals surface area (Å²) in [6.07, 6.45) is 9.58. The molecule has 4 heteroatoms. The van der Waals surface area contributed by atoms with E-state index in [2.05, 4.69) is 6.08 Å². The maximum Gasteiger partial charge on any atom is 0.531 e. The highest BCUT2D eigenvalue weighted by Crippen LogP contribution is 2.26. The Kier molecular flexibility index (Phi) is 5.53. The molecule has 0 spiro atoms. The molecule has 0 bridgehead atoms. The van der Waals surface area contributed by atoms with Crippen LogP contribution in [0, 0.1) is 0 Å². The first kappa shape index (κ1) is 12.9. The molecule has 15 heavy (non-hydrogen) atoms. The molecular formula is C11H22O3Si. The zero-order valence-electron chi connectivity index (χ0n) is 10.0. The minimum Gasteiger partial charge on any atom is -0.374 e. The summed E-state index contributed by atoms with van der Waals surface area (Å²) in [4.78, 5) is 0. The Morgan fingerprint density at radius 1 is 0.933 bits per heavy atom. The van der Waals surface area contributed by atoms with Gasteiger partial charge in [-0.25, -0.2) is 0 Å². The standard InChI is InChI=1S/C11H22O3Si/c1-12-15(13-2,14-3)11-9-7-5-4-6-8-10-11/h9H,4-8,10H2,1-3H3. The summed E-state index contributed by atoms with van der Waals surface area (Å²) in [5.41, 5.74) is 0. The minimum atomic E-state index is -2.51. The zero-order valence-corrected chi connectivity index (χ0v) is 11.0. The van der Waals surface area contributed by atoms with Gasteiger partial charge in [0.05, 0.1) is 0 Å². The molecule has 1 rings (SSSR count). The molecule has 0 unspecified atom stereocenters. The number of hydrogen-bond donors (Lipinski definition) is 0. The molecule has 0 aromatic rings. The maximum absolute atomic E-state index is 5.50. The van der Waals surface area contributed by atoms with Gasteiger partial charge < -0.3 is 13.3 Å². The van der Waals surface area contributed by atoms with E-state index in [4.69, 9.17) is 13.3 Å². The molecule has 1 aliphatic carbocycles. The van der Waals surface area contributed by atoms with Gasteiger partial charge in [-0.05, 0) is 30.9 Å². The molecule has 0 fully saturated rings. The van der Waals surface area contributed by atoms with Gasteiger partial charge in [0.1, 0.15) is 0 Å². The van der Waals surface area contributed by atoms with Crippen LogP contribution < -0.4 is 0 Å². The van der Waals surface area contributed by atoms with Crippen LogP contribution in [0.5, 0.6) is 0 Å². The molecule has 0 saturated carbocycles. The lowest BCUT2D eigenvalue weighted by atomic mass is 10.1. The highest BCUT2D eigenvalue weighted by Gasteiger charge is 2.42. The summed E-state index contributed by atoms with van der Waals surface area (Å²) in [5, 5.41) is 1.26. The summed E-state index contributed by atoms with van der Waals surface area (Å²) >= 11 is 0. The lowest BCUT2D eigenvalue weighted by molar-refractivity contribution is 0.133. The average Bonchev–Trinajstić information content (AvgIpc) is 2.23. The van der Waals surface area contributed by atoms with Gasteiger partial charge in [0.15, 0.2) is 0 Å². The summed E-state index contributed by atoms with van der Waals surface area (Å²) in [7, 11) is 2.53. The third kappa shape index (κ3) is 3.14. The van der Waals surface area contributed by atoms with Crippen LogP contribution >= 0.6 is 0 Å². The summed E-state index contributed by atoms with van der Waals surface area (Å²) in [6, 6.07) is 0. The topological polar surface area (TPSA) is 27.7 Å². The SMILES string of the molecule is CO[Si](OC)(OC)C1=CCCCCCC1. The maximum atomic E-state index is 5.50. The van der Waals surface area contributed by atoms with E-state index < -0.39 is 8.80 Å². The van der Waals surface area contributed by atoms with E-state index in [1.807, 2.05) is 0 Å². The average molecular weight is 230 g/mol. The van der Waals surface area contributed by atoms with Crippen LogP contribution in [0.15, 0.2) is 11.3 Å². The molecule has 0 aliphatic heterocycles. The fraction of sp³-hybridized carbons (Fsp3) is 0.818. The normalized spacial score (nSPS) is 19.3. The van der Waals surface area contributed by atoms with Gasteiger partial charge in [-0.1, -0.05) is 18.9 Å². The van der Waals surface area contributed by atoms with Gasteiger partial charge in [-0.2, -0.15) is 0 Å². The van der Waals surface area contributed by atoms with Crippen molar-refractivity contribution in [2.24, 2.45) is 0 Å². The Morgan fingerprint density at radius 2 is 1.53 bits per heavy atom. The minimum absolute atomic E-state index is 1.06. The van der Waals surface area contributed by atoms with Crippen LogP contribution in [-0.4, -0.2) is 30.1 Å². The van der Waals surface area contributed by atoms with Crippen molar-refractivity contribution >= 4 is 8.80 Å². The van der Waals surface area contributed by atoms with E-state index in [9.17, 15) is 0 Å². The highest BCUT2D eigenvalue weighted by molar-refractivity contribution is 6.68. The van der Waals surface area contributed by atoms with Crippen molar-refractivity contribution in [2.75, 3.05) is 21.3 Å². The Bertz CT molecular complexity index is 204. The zero-order chi connectivity index (χ0) is 11.1. The van der Waals surface area contributed by atoms with Crippen LogP contribution in [0.3, 0.4) is 0 Å². The van der Waals surface area contributed by atoms with Crippen LogP contribution in [0.25, 0.3) is 0 Å². The van der Waals surface area contributed by atoms with Crippen LogP contribution in [-0.2, 0) is 13.3 Å². The van der Waals surface area contributed by atoms with E-state index >= 15 is 0 Å². The van der Waals surface area contributed by atoms with Gasteiger partial charge in [0, 0.05) is 21.3 Å². The monoisotopic (exact) mass is 230 g/mol. The second-order valence-corrected chi connectivity index (χ2v) is 6.83. The van der Waals surface area contributed by atoms with Gasteiger partial charge in [0.2, 0.25) is 0 Å². The Hall–Kier alpha value is -0.163.